The van der Waals surface area contributed by atoms with Gasteiger partial charge in [0, 0.05) is 33.5 Å². The van der Waals surface area contributed by atoms with E-state index in [1.165, 1.54) is 11.0 Å². The third-order valence-electron chi connectivity index (χ3n) is 5.71. The van der Waals surface area contributed by atoms with Crippen molar-refractivity contribution in [3.63, 3.8) is 0 Å². The molecule has 0 aliphatic carbocycles. The third kappa shape index (κ3) is 5.18. The maximum absolute atomic E-state index is 13.2. The Labute approximate surface area is 199 Å². The topological polar surface area (TPSA) is 72.3 Å². The maximum atomic E-state index is 13.2. The number of benzene rings is 2. The first-order valence-electron chi connectivity index (χ1n) is 11.4. The standard InChI is InChI=1S/C26H30ClNO5/c1-15(2)10-28(11-16(3)4)12-21-22(29)6-5-20-24(30)23(33-26(20)21)9-17-7-19(27)8-18-13-31-14-32-25(17)18/h5-9,15-16,29H,10-14H2,1-4H3/b23-9-. The monoisotopic (exact) mass is 471 g/mol. The number of fused-ring (bicyclic) bond motifs is 2. The molecule has 2 heterocycles. The Morgan fingerprint density at radius 1 is 1.12 bits per heavy atom. The van der Waals surface area contributed by atoms with Crippen molar-refractivity contribution in [1.29, 1.82) is 0 Å². The molecule has 0 saturated heterocycles. The van der Waals surface area contributed by atoms with E-state index in [1.54, 1.807) is 24.3 Å². The molecule has 4 rings (SSSR count). The molecule has 1 N–H and O–H groups in total. The van der Waals surface area contributed by atoms with Crippen molar-refractivity contribution in [2.45, 2.75) is 40.8 Å². The average Bonchev–Trinajstić information content (AvgIpc) is 3.04. The lowest BCUT2D eigenvalue weighted by Crippen LogP contribution is -3.11. The van der Waals surface area contributed by atoms with Gasteiger partial charge in [0.05, 0.1) is 25.3 Å². The summed E-state index contributed by atoms with van der Waals surface area (Å²) in [6.07, 6.45) is 1.64. The summed E-state index contributed by atoms with van der Waals surface area (Å²) in [7, 11) is 0. The van der Waals surface area contributed by atoms with Gasteiger partial charge in [0.2, 0.25) is 5.78 Å². The minimum absolute atomic E-state index is 0.103. The molecule has 0 radical (unpaired) electrons. The molecule has 0 atom stereocenters. The van der Waals surface area contributed by atoms with Crippen LogP contribution in [-0.4, -0.2) is 25.7 Å². The van der Waals surface area contributed by atoms with Crippen LogP contribution >= 0.6 is 11.6 Å². The minimum Gasteiger partial charge on any atom is -0.872 e. The van der Waals surface area contributed by atoms with Crippen LogP contribution in [0, 0.1) is 11.8 Å². The summed E-state index contributed by atoms with van der Waals surface area (Å²) in [5, 5.41) is 13.3. The van der Waals surface area contributed by atoms with E-state index in [0.717, 1.165) is 18.7 Å². The second-order valence-electron chi connectivity index (χ2n) is 9.58. The van der Waals surface area contributed by atoms with Crippen LogP contribution in [0.1, 0.15) is 54.7 Å². The summed E-state index contributed by atoms with van der Waals surface area (Å²) in [4.78, 5) is 14.5. The molecule has 0 saturated carbocycles. The van der Waals surface area contributed by atoms with Gasteiger partial charge in [0.15, 0.2) is 12.6 Å². The predicted molar refractivity (Wildman–Crippen MR) is 125 cm³/mol. The molecule has 7 heteroatoms. The van der Waals surface area contributed by atoms with Gasteiger partial charge in [-0.25, -0.2) is 0 Å². The highest BCUT2D eigenvalue weighted by molar-refractivity contribution is 6.31. The van der Waals surface area contributed by atoms with Crippen molar-refractivity contribution in [2.75, 3.05) is 19.9 Å². The van der Waals surface area contributed by atoms with Crippen LogP contribution in [-0.2, 0) is 17.9 Å². The van der Waals surface area contributed by atoms with E-state index in [4.69, 9.17) is 25.8 Å². The quantitative estimate of drug-likeness (QED) is 0.625. The molecule has 0 spiro atoms. The lowest BCUT2D eigenvalue weighted by molar-refractivity contribution is -0.919. The first kappa shape index (κ1) is 23.6. The van der Waals surface area contributed by atoms with Crippen molar-refractivity contribution >= 4 is 23.5 Å². The van der Waals surface area contributed by atoms with Crippen LogP contribution in [0.3, 0.4) is 0 Å². The Morgan fingerprint density at radius 3 is 2.55 bits per heavy atom. The number of hydrogen-bond donors (Lipinski definition) is 1. The van der Waals surface area contributed by atoms with E-state index >= 15 is 0 Å². The zero-order valence-electron chi connectivity index (χ0n) is 19.5. The highest BCUT2D eigenvalue weighted by Gasteiger charge is 2.32. The Balaban J connectivity index is 1.68. The highest BCUT2D eigenvalue weighted by atomic mass is 35.5. The number of Topliss-reactive ketones (excluding diaryl/α,β-unsaturated/α-hetero) is 1. The molecule has 2 aliphatic rings. The first-order chi connectivity index (χ1) is 15.7. The number of carbonyl (C=O) groups is 1. The Kier molecular flexibility index (Phi) is 6.98. The van der Waals surface area contributed by atoms with Gasteiger partial charge in [-0.2, -0.15) is 0 Å². The summed E-state index contributed by atoms with van der Waals surface area (Å²) in [6.45, 7) is 11.6. The van der Waals surface area contributed by atoms with Gasteiger partial charge in [0.1, 0.15) is 18.0 Å². The van der Waals surface area contributed by atoms with Crippen LogP contribution in [0.25, 0.3) is 6.08 Å². The van der Waals surface area contributed by atoms with Crippen molar-refractivity contribution in [1.82, 2.24) is 0 Å². The van der Waals surface area contributed by atoms with Crippen LogP contribution < -0.4 is 19.5 Å². The van der Waals surface area contributed by atoms with Crippen molar-refractivity contribution in [3.05, 3.63) is 57.3 Å². The Bertz CT molecular complexity index is 1080. The minimum atomic E-state index is -0.249. The molecule has 2 aromatic carbocycles. The molecular weight excluding hydrogens is 442 g/mol. The fourth-order valence-electron chi connectivity index (χ4n) is 4.55. The summed E-state index contributed by atoms with van der Waals surface area (Å²) in [6, 6.07) is 6.55. The number of nitrogens with one attached hydrogen (secondary N) is 1. The molecule has 2 aromatic rings. The van der Waals surface area contributed by atoms with E-state index < -0.39 is 0 Å². The Morgan fingerprint density at radius 2 is 1.85 bits per heavy atom. The molecule has 33 heavy (non-hydrogen) atoms. The number of hydrogen-bond acceptors (Lipinski definition) is 5. The lowest BCUT2D eigenvalue weighted by Gasteiger charge is -2.26. The molecule has 6 nitrogen and oxygen atoms in total. The van der Waals surface area contributed by atoms with Gasteiger partial charge in [0.25, 0.3) is 0 Å². The summed E-state index contributed by atoms with van der Waals surface area (Å²) in [5.74, 6) is 1.78. The van der Waals surface area contributed by atoms with E-state index in [0.29, 0.717) is 58.2 Å². The van der Waals surface area contributed by atoms with Crippen LogP contribution in [0.4, 0.5) is 0 Å². The third-order valence-corrected chi connectivity index (χ3v) is 5.93. The van der Waals surface area contributed by atoms with Gasteiger partial charge in [-0.3, -0.25) is 4.79 Å². The number of rotatable bonds is 7. The van der Waals surface area contributed by atoms with Crippen molar-refractivity contribution in [2.24, 2.45) is 11.8 Å². The molecule has 0 bridgehead atoms. The Hall–Kier alpha value is -2.54. The fraction of sp³-hybridized carbons (Fsp3) is 0.423. The lowest BCUT2D eigenvalue weighted by atomic mass is 10.0. The largest absolute Gasteiger partial charge is 0.872 e. The number of ether oxygens (including phenoxy) is 3. The zero-order valence-corrected chi connectivity index (χ0v) is 20.3. The number of quaternary nitrogens is 1. The van der Waals surface area contributed by atoms with E-state index in [2.05, 4.69) is 27.7 Å². The van der Waals surface area contributed by atoms with Crippen LogP contribution in [0.15, 0.2) is 30.0 Å². The van der Waals surface area contributed by atoms with E-state index in [9.17, 15) is 9.90 Å². The smallest absolute Gasteiger partial charge is 0.231 e. The summed E-state index contributed by atoms with van der Waals surface area (Å²) in [5.41, 5.74) is 2.43. The van der Waals surface area contributed by atoms with Crippen LogP contribution in [0.5, 0.6) is 17.2 Å². The summed E-state index contributed by atoms with van der Waals surface area (Å²) < 4.78 is 17.0. The number of allylic oxidation sites excluding steroid dienone is 1. The maximum Gasteiger partial charge on any atom is 0.231 e. The molecule has 2 aliphatic heterocycles. The van der Waals surface area contributed by atoms with Crippen LogP contribution in [0.2, 0.25) is 5.02 Å². The zero-order chi connectivity index (χ0) is 23.7. The number of carbonyl (C=O) groups excluding carboxylic acids is 1. The second-order valence-corrected chi connectivity index (χ2v) is 10.0. The van der Waals surface area contributed by atoms with Gasteiger partial charge < -0.3 is 24.2 Å². The number of halogens is 1. The molecule has 0 aromatic heterocycles. The fourth-order valence-corrected chi connectivity index (χ4v) is 4.80. The highest BCUT2D eigenvalue weighted by Crippen LogP contribution is 2.40. The average molecular weight is 472 g/mol. The predicted octanol–water partition coefficient (Wildman–Crippen LogP) is 3.59. The van der Waals surface area contributed by atoms with Gasteiger partial charge in [-0.1, -0.05) is 51.1 Å². The number of ketones is 1. The SMILES string of the molecule is CC(C)C[NH+](Cc1c([O-])ccc2c1O/C(=C\c1cc(Cl)cc3c1OCOC3)C2=O)CC(C)C. The van der Waals surface area contributed by atoms with Gasteiger partial charge >= 0.3 is 0 Å². The molecule has 0 unspecified atom stereocenters. The van der Waals surface area contributed by atoms with E-state index in [-0.39, 0.29) is 24.1 Å². The van der Waals surface area contributed by atoms with Gasteiger partial charge in [-0.05, 0) is 24.3 Å². The summed E-state index contributed by atoms with van der Waals surface area (Å²) >= 11 is 6.27. The normalized spacial score (nSPS) is 16.4. The molecule has 0 amide bonds. The molecule has 0 fully saturated rings. The second kappa shape index (κ2) is 9.75. The van der Waals surface area contributed by atoms with E-state index in [1.807, 2.05) is 0 Å². The van der Waals surface area contributed by atoms with Crippen molar-refractivity contribution in [3.8, 4) is 17.2 Å². The molecule has 176 valence electrons. The first-order valence-corrected chi connectivity index (χ1v) is 11.7. The van der Waals surface area contributed by atoms with Gasteiger partial charge in [-0.15, -0.1) is 0 Å². The van der Waals surface area contributed by atoms with Crippen molar-refractivity contribution < 1.29 is 29.0 Å². The molecular formula is C26H30ClNO5.